The molecule has 0 aromatic carbocycles. The Bertz CT molecular complexity index is 360. The average Bonchev–Trinajstić information content (AvgIpc) is 2.20. The molecule has 1 aromatic rings. The maximum atomic E-state index is 12.1. The Hall–Kier alpha value is -0.930. The van der Waals surface area contributed by atoms with Crippen molar-refractivity contribution in [2.24, 2.45) is 5.92 Å². The molecule has 0 saturated heterocycles. The van der Waals surface area contributed by atoms with Crippen molar-refractivity contribution in [3.63, 3.8) is 0 Å². The van der Waals surface area contributed by atoms with Gasteiger partial charge in [-0.15, -0.1) is 0 Å². The Labute approximate surface area is 101 Å². The van der Waals surface area contributed by atoms with E-state index in [2.05, 4.69) is 4.98 Å². The number of pyridine rings is 1. The number of halogens is 1. The molecule has 4 heteroatoms. The molecule has 1 rings (SSSR count). The van der Waals surface area contributed by atoms with Crippen molar-refractivity contribution < 1.29 is 4.79 Å². The number of hydrogen-bond acceptors (Lipinski definition) is 3. The van der Waals surface area contributed by atoms with Crippen LogP contribution in [0.3, 0.4) is 0 Å². The molecular weight excluding hydrogens is 224 g/mol. The lowest BCUT2D eigenvalue weighted by atomic mass is 9.98. The van der Waals surface area contributed by atoms with E-state index >= 15 is 0 Å². The molecule has 1 atom stereocenters. The monoisotopic (exact) mass is 240 g/mol. The second-order valence-electron chi connectivity index (χ2n) is 4.32. The van der Waals surface area contributed by atoms with Crippen LogP contribution in [0.1, 0.15) is 25.6 Å². The lowest BCUT2D eigenvalue weighted by molar-refractivity contribution is -0.126. The zero-order valence-electron chi connectivity index (χ0n) is 10.1. The minimum atomic E-state index is -0.294. The highest BCUT2D eigenvalue weighted by molar-refractivity contribution is 6.30. The summed E-state index contributed by atoms with van der Waals surface area (Å²) in [5.41, 5.74) is 0.744. The van der Waals surface area contributed by atoms with Gasteiger partial charge in [0.2, 0.25) is 0 Å². The van der Waals surface area contributed by atoms with Gasteiger partial charge in [0.05, 0.1) is 10.7 Å². The first-order valence-corrected chi connectivity index (χ1v) is 5.63. The molecule has 88 valence electrons. The fourth-order valence-corrected chi connectivity index (χ4v) is 1.64. The van der Waals surface area contributed by atoms with Gasteiger partial charge in [0.25, 0.3) is 0 Å². The summed E-state index contributed by atoms with van der Waals surface area (Å²) in [6.07, 6.45) is 1.57. The van der Waals surface area contributed by atoms with Gasteiger partial charge in [0.1, 0.15) is 6.04 Å². The molecule has 1 aromatic heterocycles. The Morgan fingerprint density at radius 3 is 2.38 bits per heavy atom. The molecule has 0 aliphatic rings. The fraction of sp³-hybridized carbons (Fsp3) is 0.500. The zero-order chi connectivity index (χ0) is 12.3. The van der Waals surface area contributed by atoms with Gasteiger partial charge in [-0.05, 0) is 26.2 Å². The summed E-state index contributed by atoms with van der Waals surface area (Å²) in [5.74, 6) is 0.157. The van der Waals surface area contributed by atoms with Gasteiger partial charge < -0.3 is 0 Å². The van der Waals surface area contributed by atoms with Crippen LogP contribution in [-0.4, -0.2) is 29.8 Å². The molecule has 0 N–H and O–H groups in total. The van der Waals surface area contributed by atoms with Gasteiger partial charge >= 0.3 is 0 Å². The van der Waals surface area contributed by atoms with Crippen LogP contribution in [0.15, 0.2) is 18.3 Å². The van der Waals surface area contributed by atoms with E-state index in [1.165, 1.54) is 0 Å². The molecule has 3 nitrogen and oxygen atoms in total. The Morgan fingerprint density at radius 1 is 1.38 bits per heavy atom. The topological polar surface area (TPSA) is 33.2 Å². The van der Waals surface area contributed by atoms with Crippen molar-refractivity contribution in [1.82, 2.24) is 9.88 Å². The minimum Gasteiger partial charge on any atom is -0.297 e. The SMILES string of the molecule is CC(C)C(=O)C(c1ccc(Cl)cn1)N(C)C. The normalized spacial score (nSPS) is 13.2. The summed E-state index contributed by atoms with van der Waals surface area (Å²) >= 11 is 5.78. The molecule has 0 spiro atoms. The maximum Gasteiger partial charge on any atom is 0.158 e. The van der Waals surface area contributed by atoms with E-state index in [0.717, 1.165) is 5.69 Å². The van der Waals surface area contributed by atoms with Crippen molar-refractivity contribution >= 4 is 17.4 Å². The Morgan fingerprint density at radius 2 is 2.00 bits per heavy atom. The molecule has 0 bridgehead atoms. The first kappa shape index (κ1) is 13.1. The third-order valence-electron chi connectivity index (χ3n) is 2.39. The van der Waals surface area contributed by atoms with Crippen LogP contribution in [0.25, 0.3) is 0 Å². The van der Waals surface area contributed by atoms with Crippen molar-refractivity contribution in [1.29, 1.82) is 0 Å². The highest BCUT2D eigenvalue weighted by atomic mass is 35.5. The van der Waals surface area contributed by atoms with E-state index in [0.29, 0.717) is 5.02 Å². The predicted molar refractivity (Wildman–Crippen MR) is 65.5 cm³/mol. The largest absolute Gasteiger partial charge is 0.297 e. The number of nitrogens with zero attached hydrogens (tertiary/aromatic N) is 2. The number of ketones is 1. The van der Waals surface area contributed by atoms with E-state index in [1.807, 2.05) is 32.8 Å². The van der Waals surface area contributed by atoms with Gasteiger partial charge in [0, 0.05) is 12.1 Å². The van der Waals surface area contributed by atoms with E-state index in [4.69, 9.17) is 11.6 Å². The van der Waals surface area contributed by atoms with Crippen LogP contribution >= 0.6 is 11.6 Å². The number of hydrogen-bond donors (Lipinski definition) is 0. The van der Waals surface area contributed by atoms with Crippen LogP contribution in [0.5, 0.6) is 0 Å². The zero-order valence-corrected chi connectivity index (χ0v) is 10.8. The summed E-state index contributed by atoms with van der Waals surface area (Å²) in [5, 5.41) is 0.582. The quantitative estimate of drug-likeness (QED) is 0.811. The van der Waals surface area contributed by atoms with Crippen molar-refractivity contribution in [2.75, 3.05) is 14.1 Å². The van der Waals surface area contributed by atoms with Crippen molar-refractivity contribution in [3.05, 3.63) is 29.0 Å². The number of carbonyl (C=O) groups excluding carboxylic acids is 1. The highest BCUT2D eigenvalue weighted by Crippen LogP contribution is 2.21. The summed E-state index contributed by atoms with van der Waals surface area (Å²) in [7, 11) is 3.75. The van der Waals surface area contributed by atoms with Crippen molar-refractivity contribution in [3.8, 4) is 0 Å². The van der Waals surface area contributed by atoms with Crippen LogP contribution in [-0.2, 0) is 4.79 Å². The van der Waals surface area contributed by atoms with Gasteiger partial charge in [0.15, 0.2) is 5.78 Å². The smallest absolute Gasteiger partial charge is 0.158 e. The summed E-state index contributed by atoms with van der Waals surface area (Å²) in [6.45, 7) is 3.80. The van der Waals surface area contributed by atoms with Gasteiger partial charge in [-0.2, -0.15) is 0 Å². The number of likely N-dealkylation sites (N-methyl/N-ethyl adjacent to an activating group) is 1. The van der Waals surface area contributed by atoms with Gasteiger partial charge in [-0.3, -0.25) is 14.7 Å². The molecule has 0 radical (unpaired) electrons. The number of carbonyl (C=O) groups is 1. The first-order valence-electron chi connectivity index (χ1n) is 5.25. The second-order valence-corrected chi connectivity index (χ2v) is 4.76. The summed E-state index contributed by atoms with van der Waals surface area (Å²) in [4.78, 5) is 18.1. The summed E-state index contributed by atoms with van der Waals surface area (Å²) in [6, 6.07) is 3.26. The molecule has 0 amide bonds. The molecule has 0 aliphatic heterocycles. The molecule has 0 aliphatic carbocycles. The van der Waals surface area contributed by atoms with E-state index in [-0.39, 0.29) is 17.7 Å². The van der Waals surface area contributed by atoms with E-state index < -0.39 is 0 Å². The second kappa shape index (κ2) is 5.41. The third-order valence-corrected chi connectivity index (χ3v) is 2.61. The molecule has 0 fully saturated rings. The maximum absolute atomic E-state index is 12.1. The first-order chi connectivity index (χ1) is 7.43. The molecule has 1 unspecified atom stereocenters. The van der Waals surface area contributed by atoms with Crippen LogP contribution < -0.4 is 0 Å². The molecule has 1 heterocycles. The highest BCUT2D eigenvalue weighted by Gasteiger charge is 2.25. The van der Waals surface area contributed by atoms with Gasteiger partial charge in [-0.25, -0.2) is 0 Å². The minimum absolute atomic E-state index is 0.00937. The van der Waals surface area contributed by atoms with Gasteiger partial charge in [-0.1, -0.05) is 25.4 Å². The van der Waals surface area contributed by atoms with Crippen molar-refractivity contribution in [2.45, 2.75) is 19.9 Å². The van der Waals surface area contributed by atoms with Crippen LogP contribution in [0.4, 0.5) is 0 Å². The molecular formula is C12H17ClN2O. The fourth-order valence-electron chi connectivity index (χ4n) is 1.53. The van der Waals surface area contributed by atoms with E-state index in [1.54, 1.807) is 18.3 Å². The average molecular weight is 241 g/mol. The van der Waals surface area contributed by atoms with E-state index in [9.17, 15) is 4.79 Å². The molecule has 16 heavy (non-hydrogen) atoms. The molecule has 0 saturated carbocycles. The lowest BCUT2D eigenvalue weighted by Crippen LogP contribution is -2.31. The standard InChI is InChI=1S/C12H17ClN2O/c1-8(2)12(16)11(15(3)4)10-6-5-9(13)7-14-10/h5-8,11H,1-4H3. The Kier molecular flexibility index (Phi) is 4.44. The predicted octanol–water partition coefficient (Wildman–Crippen LogP) is 2.56. The Balaban J connectivity index is 3.03. The van der Waals surface area contributed by atoms with Crippen LogP contribution in [0, 0.1) is 5.92 Å². The third kappa shape index (κ3) is 3.03. The summed E-state index contributed by atoms with van der Waals surface area (Å²) < 4.78 is 0. The number of rotatable bonds is 4. The van der Waals surface area contributed by atoms with Crippen LogP contribution in [0.2, 0.25) is 5.02 Å². The number of Topliss-reactive ketones (excluding diaryl/α,β-unsaturated/α-hetero) is 1. The lowest BCUT2D eigenvalue weighted by Gasteiger charge is -2.24. The number of aromatic nitrogens is 1.